The number of benzene rings is 2. The molecule has 2 aromatic carbocycles. The van der Waals surface area contributed by atoms with Gasteiger partial charge in [0.05, 0.1) is 15.7 Å². The first kappa shape index (κ1) is 17.9. The van der Waals surface area contributed by atoms with Crippen LogP contribution in [0.3, 0.4) is 0 Å². The summed E-state index contributed by atoms with van der Waals surface area (Å²) in [6, 6.07) is 22.2. The lowest BCUT2D eigenvalue weighted by Gasteiger charge is -2.15. The molecule has 3 nitrogen and oxygen atoms in total. The van der Waals surface area contributed by atoms with Crippen molar-refractivity contribution in [3.05, 3.63) is 75.4 Å². The third-order valence-corrected chi connectivity index (χ3v) is 5.48. The van der Waals surface area contributed by atoms with E-state index in [-0.39, 0.29) is 5.91 Å². The zero-order valence-corrected chi connectivity index (χ0v) is 16.4. The predicted molar refractivity (Wildman–Crippen MR) is 108 cm³/mol. The van der Waals surface area contributed by atoms with Crippen molar-refractivity contribution in [2.24, 2.45) is 0 Å². The maximum absolute atomic E-state index is 12.5. The lowest BCUT2D eigenvalue weighted by molar-refractivity contribution is -0.884. The van der Waals surface area contributed by atoms with Gasteiger partial charge in [0.1, 0.15) is 6.54 Å². The fourth-order valence-corrected chi connectivity index (χ4v) is 4.33. The van der Waals surface area contributed by atoms with Crippen LogP contribution in [-0.4, -0.2) is 19.5 Å². The fraction of sp³-hybridized carbons (Fsp3) is 0.150. The van der Waals surface area contributed by atoms with Crippen molar-refractivity contribution in [3.63, 3.8) is 0 Å². The van der Waals surface area contributed by atoms with Crippen molar-refractivity contribution in [3.8, 4) is 11.1 Å². The summed E-state index contributed by atoms with van der Waals surface area (Å²) in [7, 11) is 2.04. The minimum Gasteiger partial charge on any atom is -0.325 e. The van der Waals surface area contributed by atoms with Crippen LogP contribution in [0.4, 0.5) is 5.69 Å². The van der Waals surface area contributed by atoms with E-state index in [1.54, 1.807) is 11.3 Å². The van der Waals surface area contributed by atoms with Gasteiger partial charge in [-0.25, -0.2) is 0 Å². The molecule has 0 fully saturated rings. The number of likely N-dealkylation sites (N-methyl/N-ethyl adjacent to an activating group) is 1. The molecule has 0 aliphatic rings. The number of anilines is 1. The van der Waals surface area contributed by atoms with Crippen LogP contribution in [0.2, 0.25) is 0 Å². The molecule has 3 aromatic rings. The molecule has 0 saturated heterocycles. The average molecular weight is 416 g/mol. The first-order valence-electron chi connectivity index (χ1n) is 8.11. The van der Waals surface area contributed by atoms with Crippen LogP contribution in [0.25, 0.3) is 11.1 Å². The molecule has 25 heavy (non-hydrogen) atoms. The summed E-state index contributed by atoms with van der Waals surface area (Å²) >= 11 is 5.19. The van der Waals surface area contributed by atoms with Gasteiger partial charge < -0.3 is 10.2 Å². The van der Waals surface area contributed by atoms with Crippen molar-refractivity contribution in [1.29, 1.82) is 0 Å². The van der Waals surface area contributed by atoms with Crippen LogP contribution in [0.1, 0.15) is 4.88 Å². The Hall–Kier alpha value is -1.95. The summed E-state index contributed by atoms with van der Waals surface area (Å²) in [5, 5.41) is 3.07. The third kappa shape index (κ3) is 5.01. The number of para-hydroxylation sites is 1. The zero-order valence-electron chi connectivity index (χ0n) is 14.0. The number of hydrogen-bond donors (Lipinski definition) is 2. The highest BCUT2D eigenvalue weighted by Gasteiger charge is 2.14. The van der Waals surface area contributed by atoms with Gasteiger partial charge in [0.2, 0.25) is 0 Å². The lowest BCUT2D eigenvalue weighted by atomic mass is 10.0. The molecule has 0 aliphatic heterocycles. The van der Waals surface area contributed by atoms with Gasteiger partial charge in [-0.05, 0) is 39.7 Å². The molecular weight excluding hydrogens is 396 g/mol. The van der Waals surface area contributed by atoms with Crippen LogP contribution in [-0.2, 0) is 11.3 Å². The van der Waals surface area contributed by atoms with E-state index in [1.165, 1.54) is 4.88 Å². The van der Waals surface area contributed by atoms with Gasteiger partial charge in [0.15, 0.2) is 6.54 Å². The van der Waals surface area contributed by atoms with E-state index < -0.39 is 0 Å². The van der Waals surface area contributed by atoms with Crippen molar-refractivity contribution in [2.45, 2.75) is 6.54 Å². The molecule has 1 aromatic heterocycles. The number of rotatable bonds is 6. The summed E-state index contributed by atoms with van der Waals surface area (Å²) in [5.41, 5.74) is 2.99. The Morgan fingerprint density at radius 2 is 1.76 bits per heavy atom. The van der Waals surface area contributed by atoms with Crippen LogP contribution in [0.5, 0.6) is 0 Å². The number of hydrogen-bond acceptors (Lipinski definition) is 2. The van der Waals surface area contributed by atoms with Gasteiger partial charge in [0, 0.05) is 11.3 Å². The Morgan fingerprint density at radius 3 is 2.48 bits per heavy atom. The van der Waals surface area contributed by atoms with Crippen molar-refractivity contribution >= 4 is 38.9 Å². The average Bonchev–Trinajstić information content (AvgIpc) is 3.00. The third-order valence-electron chi connectivity index (χ3n) is 3.85. The van der Waals surface area contributed by atoms with E-state index in [0.717, 1.165) is 32.0 Å². The smallest absolute Gasteiger partial charge is 0.279 e. The second kappa shape index (κ2) is 8.43. The number of carbonyl (C=O) groups is 1. The van der Waals surface area contributed by atoms with E-state index in [1.807, 2.05) is 55.6 Å². The first-order valence-corrected chi connectivity index (χ1v) is 9.72. The molecule has 1 amide bonds. The van der Waals surface area contributed by atoms with Crippen LogP contribution < -0.4 is 10.2 Å². The lowest BCUT2D eigenvalue weighted by Crippen LogP contribution is -3.08. The number of carbonyl (C=O) groups excluding carboxylic acids is 1. The summed E-state index contributed by atoms with van der Waals surface area (Å²) in [6.45, 7) is 1.27. The monoisotopic (exact) mass is 415 g/mol. The van der Waals surface area contributed by atoms with Crippen molar-refractivity contribution in [1.82, 2.24) is 0 Å². The van der Waals surface area contributed by atoms with E-state index in [9.17, 15) is 4.79 Å². The Bertz CT molecular complexity index is 848. The molecule has 0 spiro atoms. The van der Waals surface area contributed by atoms with Gasteiger partial charge in [-0.3, -0.25) is 4.79 Å². The molecule has 128 valence electrons. The van der Waals surface area contributed by atoms with Crippen LogP contribution in [0, 0.1) is 0 Å². The molecule has 0 aliphatic carbocycles. The fourth-order valence-electron chi connectivity index (χ4n) is 2.74. The number of amides is 1. The standard InChI is InChI=1S/C20H19BrN2OS/c1-23(13-16-11-12-19(21)25-16)14-20(24)22-18-10-6-5-9-17(18)15-7-3-2-4-8-15/h2-12H,13-14H2,1H3,(H,22,24)/p+1. The highest BCUT2D eigenvalue weighted by Crippen LogP contribution is 2.27. The number of halogens is 1. The molecule has 0 saturated carbocycles. The Kier molecular flexibility index (Phi) is 6.02. The maximum Gasteiger partial charge on any atom is 0.279 e. The molecular formula is C20H20BrN2OS+. The second-order valence-electron chi connectivity index (χ2n) is 5.98. The molecule has 2 N–H and O–H groups in total. The largest absolute Gasteiger partial charge is 0.325 e. The SMILES string of the molecule is C[NH+](CC(=O)Nc1ccccc1-c1ccccc1)Cc1ccc(Br)s1. The predicted octanol–water partition coefficient (Wildman–Crippen LogP) is 3.83. The molecule has 1 heterocycles. The van der Waals surface area contributed by atoms with Gasteiger partial charge >= 0.3 is 0 Å². The van der Waals surface area contributed by atoms with Gasteiger partial charge in [-0.2, -0.15) is 0 Å². The summed E-state index contributed by atoms with van der Waals surface area (Å²) < 4.78 is 1.12. The van der Waals surface area contributed by atoms with Gasteiger partial charge in [-0.1, -0.05) is 48.5 Å². The summed E-state index contributed by atoms with van der Waals surface area (Å²) in [5.74, 6) is 0.0245. The second-order valence-corrected chi connectivity index (χ2v) is 8.52. The summed E-state index contributed by atoms with van der Waals surface area (Å²) in [6.07, 6.45) is 0. The number of thiophene rings is 1. The molecule has 5 heteroatoms. The minimum atomic E-state index is 0.0245. The van der Waals surface area contributed by atoms with Crippen LogP contribution in [0.15, 0.2) is 70.5 Å². The van der Waals surface area contributed by atoms with E-state index in [4.69, 9.17) is 0 Å². The van der Waals surface area contributed by atoms with E-state index in [2.05, 4.69) is 39.4 Å². The van der Waals surface area contributed by atoms with Crippen LogP contribution >= 0.6 is 27.3 Å². The van der Waals surface area contributed by atoms with Gasteiger partial charge in [-0.15, -0.1) is 11.3 Å². The Balaban J connectivity index is 1.65. The number of quaternary nitrogens is 1. The van der Waals surface area contributed by atoms with E-state index >= 15 is 0 Å². The normalized spacial score (nSPS) is 11.9. The quantitative estimate of drug-likeness (QED) is 0.629. The molecule has 0 bridgehead atoms. The minimum absolute atomic E-state index is 0.0245. The Morgan fingerprint density at radius 1 is 1.04 bits per heavy atom. The topological polar surface area (TPSA) is 33.5 Å². The highest BCUT2D eigenvalue weighted by atomic mass is 79.9. The molecule has 1 atom stereocenters. The molecule has 0 radical (unpaired) electrons. The highest BCUT2D eigenvalue weighted by molar-refractivity contribution is 9.11. The number of nitrogens with one attached hydrogen (secondary N) is 2. The first-order chi connectivity index (χ1) is 12.1. The van der Waals surface area contributed by atoms with Crippen molar-refractivity contribution < 1.29 is 9.69 Å². The van der Waals surface area contributed by atoms with Crippen molar-refractivity contribution in [2.75, 3.05) is 18.9 Å². The molecule has 3 rings (SSSR count). The Labute approximate surface area is 160 Å². The summed E-state index contributed by atoms with van der Waals surface area (Å²) in [4.78, 5) is 14.9. The van der Waals surface area contributed by atoms with E-state index in [0.29, 0.717) is 6.54 Å². The maximum atomic E-state index is 12.5. The zero-order chi connectivity index (χ0) is 17.6. The molecule has 1 unspecified atom stereocenters. The van der Waals surface area contributed by atoms with Gasteiger partial charge in [0.25, 0.3) is 5.91 Å².